The van der Waals surface area contributed by atoms with Crippen LogP contribution in [-0.4, -0.2) is 15.0 Å². The molecule has 38 heavy (non-hydrogen) atoms. The monoisotopic (exact) mass is 489 g/mol. The second-order valence-corrected chi connectivity index (χ2v) is 9.33. The molecule has 0 amide bonds. The van der Waals surface area contributed by atoms with Gasteiger partial charge in [-0.2, -0.15) is 0 Å². The van der Waals surface area contributed by atoms with Crippen molar-refractivity contribution < 1.29 is 4.42 Å². The molecule has 0 aliphatic rings. The van der Waals surface area contributed by atoms with Gasteiger partial charge in [0.1, 0.15) is 17.0 Å². The highest BCUT2D eigenvalue weighted by atomic mass is 16.3. The lowest BCUT2D eigenvalue weighted by Gasteiger charge is -2.07. The standard InChI is InChI=1S/C34H23N3O/c1-22-35-33(26-11-6-3-7-12-26)37-34(36-22)29-13-8-14-30-32(29)28-20-19-27(21-31(28)38-30)25-17-15-24(16-18-25)23-9-4-2-5-10-23/h2-21H,1H3. The molecule has 0 atom stereocenters. The Labute approximate surface area is 220 Å². The summed E-state index contributed by atoms with van der Waals surface area (Å²) >= 11 is 0. The molecule has 7 aromatic rings. The number of fused-ring (bicyclic) bond motifs is 3. The number of benzene rings is 5. The van der Waals surface area contributed by atoms with Gasteiger partial charge in [-0.15, -0.1) is 0 Å². The van der Waals surface area contributed by atoms with Crippen molar-refractivity contribution >= 4 is 21.9 Å². The van der Waals surface area contributed by atoms with Gasteiger partial charge in [-0.05, 0) is 47.4 Å². The minimum absolute atomic E-state index is 0.644. The van der Waals surface area contributed by atoms with Gasteiger partial charge in [0.25, 0.3) is 0 Å². The molecule has 4 heteroatoms. The van der Waals surface area contributed by atoms with Gasteiger partial charge in [0, 0.05) is 21.9 Å². The molecule has 0 fully saturated rings. The number of nitrogens with zero attached hydrogens (tertiary/aromatic N) is 3. The van der Waals surface area contributed by atoms with E-state index in [1.54, 1.807) is 0 Å². The van der Waals surface area contributed by atoms with Crippen LogP contribution < -0.4 is 0 Å². The van der Waals surface area contributed by atoms with Crippen LogP contribution in [0.25, 0.3) is 67.0 Å². The maximum absolute atomic E-state index is 6.34. The normalized spacial score (nSPS) is 11.3. The maximum atomic E-state index is 6.34. The summed E-state index contributed by atoms with van der Waals surface area (Å²) in [6.07, 6.45) is 0. The highest BCUT2D eigenvalue weighted by Crippen LogP contribution is 2.37. The molecule has 0 aliphatic carbocycles. The predicted octanol–water partition coefficient (Wildman–Crippen LogP) is 8.75. The van der Waals surface area contributed by atoms with Gasteiger partial charge in [-0.1, -0.05) is 103 Å². The van der Waals surface area contributed by atoms with Crippen molar-refractivity contribution in [3.8, 4) is 45.0 Å². The SMILES string of the molecule is Cc1nc(-c2ccccc2)nc(-c2cccc3oc4cc(-c5ccc(-c6ccccc6)cc5)ccc4c23)n1. The van der Waals surface area contributed by atoms with E-state index in [0.717, 1.165) is 44.2 Å². The largest absolute Gasteiger partial charge is 0.456 e. The number of aromatic nitrogens is 3. The molecule has 0 saturated heterocycles. The van der Waals surface area contributed by atoms with Crippen LogP contribution in [0.1, 0.15) is 5.82 Å². The van der Waals surface area contributed by atoms with Crippen molar-refractivity contribution in [2.45, 2.75) is 6.92 Å². The van der Waals surface area contributed by atoms with Crippen LogP contribution in [0.5, 0.6) is 0 Å². The van der Waals surface area contributed by atoms with E-state index < -0.39 is 0 Å². The lowest BCUT2D eigenvalue weighted by atomic mass is 9.99. The van der Waals surface area contributed by atoms with Gasteiger partial charge in [0.2, 0.25) is 0 Å². The van der Waals surface area contributed by atoms with Crippen LogP contribution in [0.2, 0.25) is 0 Å². The lowest BCUT2D eigenvalue weighted by Crippen LogP contribution is -1.99. The highest BCUT2D eigenvalue weighted by molar-refractivity contribution is 6.12. The van der Waals surface area contributed by atoms with Crippen LogP contribution in [0, 0.1) is 6.92 Å². The number of hydrogen-bond donors (Lipinski definition) is 0. The van der Waals surface area contributed by atoms with Crippen molar-refractivity contribution in [3.63, 3.8) is 0 Å². The maximum Gasteiger partial charge on any atom is 0.164 e. The molecule has 4 nitrogen and oxygen atoms in total. The van der Waals surface area contributed by atoms with Crippen molar-refractivity contribution in [3.05, 3.63) is 127 Å². The summed E-state index contributed by atoms with van der Waals surface area (Å²) in [4.78, 5) is 14.1. The van der Waals surface area contributed by atoms with Gasteiger partial charge in [0.05, 0.1) is 0 Å². The Kier molecular flexibility index (Phi) is 5.30. The Hall–Kier alpha value is -5.09. The Bertz CT molecular complexity index is 1910. The molecule has 7 rings (SSSR count). The van der Waals surface area contributed by atoms with Gasteiger partial charge in [-0.3, -0.25) is 0 Å². The second kappa shape index (κ2) is 9.09. The zero-order valence-corrected chi connectivity index (χ0v) is 20.8. The van der Waals surface area contributed by atoms with E-state index in [1.165, 1.54) is 11.1 Å². The summed E-state index contributed by atoms with van der Waals surface area (Å²) < 4.78 is 6.34. The fraction of sp³-hybridized carbons (Fsp3) is 0.0294. The van der Waals surface area contributed by atoms with Gasteiger partial charge in [-0.25, -0.2) is 15.0 Å². The molecular weight excluding hydrogens is 466 g/mol. The predicted molar refractivity (Wildman–Crippen MR) is 154 cm³/mol. The molecule has 2 heterocycles. The second-order valence-electron chi connectivity index (χ2n) is 9.33. The number of furan rings is 1. The Morgan fingerprint density at radius 1 is 0.474 bits per heavy atom. The van der Waals surface area contributed by atoms with E-state index >= 15 is 0 Å². The van der Waals surface area contributed by atoms with E-state index in [2.05, 4.69) is 77.8 Å². The number of aryl methyl sites for hydroxylation is 1. The zero-order chi connectivity index (χ0) is 25.5. The fourth-order valence-corrected chi connectivity index (χ4v) is 5.00. The minimum atomic E-state index is 0.644. The number of rotatable bonds is 4. The minimum Gasteiger partial charge on any atom is -0.456 e. The zero-order valence-electron chi connectivity index (χ0n) is 20.8. The average Bonchev–Trinajstić information content (AvgIpc) is 3.36. The van der Waals surface area contributed by atoms with E-state index in [0.29, 0.717) is 17.5 Å². The summed E-state index contributed by atoms with van der Waals surface area (Å²) in [5, 5.41) is 2.05. The molecule has 5 aromatic carbocycles. The molecule has 0 saturated carbocycles. The lowest BCUT2D eigenvalue weighted by molar-refractivity contribution is 0.669. The Balaban J connectivity index is 1.32. The van der Waals surface area contributed by atoms with Crippen LogP contribution >= 0.6 is 0 Å². The molecule has 2 aromatic heterocycles. The summed E-state index contributed by atoms with van der Waals surface area (Å²) in [7, 11) is 0. The molecule has 0 N–H and O–H groups in total. The van der Waals surface area contributed by atoms with Crippen molar-refractivity contribution in [2.75, 3.05) is 0 Å². The third-order valence-corrected chi connectivity index (χ3v) is 6.84. The Morgan fingerprint density at radius 3 is 1.82 bits per heavy atom. The quantitative estimate of drug-likeness (QED) is 0.248. The summed E-state index contributed by atoms with van der Waals surface area (Å²) in [5.41, 5.74) is 8.22. The third kappa shape index (κ3) is 3.93. The van der Waals surface area contributed by atoms with Crippen molar-refractivity contribution in [1.29, 1.82) is 0 Å². The number of hydrogen-bond acceptors (Lipinski definition) is 4. The smallest absolute Gasteiger partial charge is 0.164 e. The molecular formula is C34H23N3O. The van der Waals surface area contributed by atoms with Gasteiger partial charge >= 0.3 is 0 Å². The summed E-state index contributed by atoms with van der Waals surface area (Å²) in [5.74, 6) is 1.99. The molecule has 180 valence electrons. The van der Waals surface area contributed by atoms with Crippen LogP contribution in [0.4, 0.5) is 0 Å². The highest BCUT2D eigenvalue weighted by Gasteiger charge is 2.16. The van der Waals surface area contributed by atoms with Crippen molar-refractivity contribution in [1.82, 2.24) is 15.0 Å². The first-order valence-electron chi connectivity index (χ1n) is 12.6. The third-order valence-electron chi connectivity index (χ3n) is 6.84. The van der Waals surface area contributed by atoms with E-state index in [4.69, 9.17) is 14.4 Å². The first kappa shape index (κ1) is 22.1. The molecule has 0 aliphatic heterocycles. The van der Waals surface area contributed by atoms with E-state index in [1.807, 2.05) is 55.5 Å². The van der Waals surface area contributed by atoms with E-state index in [-0.39, 0.29) is 0 Å². The summed E-state index contributed by atoms with van der Waals surface area (Å²) in [6.45, 7) is 1.90. The van der Waals surface area contributed by atoms with Gasteiger partial charge < -0.3 is 4.42 Å². The first-order chi connectivity index (χ1) is 18.7. The van der Waals surface area contributed by atoms with Crippen LogP contribution in [-0.2, 0) is 0 Å². The topological polar surface area (TPSA) is 51.8 Å². The summed E-state index contributed by atoms with van der Waals surface area (Å²) in [6, 6.07) is 41.5. The average molecular weight is 490 g/mol. The van der Waals surface area contributed by atoms with Crippen molar-refractivity contribution in [2.24, 2.45) is 0 Å². The fourth-order valence-electron chi connectivity index (χ4n) is 5.00. The molecule has 0 unspecified atom stereocenters. The van der Waals surface area contributed by atoms with Crippen LogP contribution in [0.15, 0.2) is 126 Å². The van der Waals surface area contributed by atoms with Gasteiger partial charge in [0.15, 0.2) is 11.6 Å². The Morgan fingerprint density at radius 2 is 1.08 bits per heavy atom. The van der Waals surface area contributed by atoms with Crippen LogP contribution in [0.3, 0.4) is 0 Å². The molecule has 0 bridgehead atoms. The first-order valence-corrected chi connectivity index (χ1v) is 12.6. The van der Waals surface area contributed by atoms with E-state index in [9.17, 15) is 0 Å². The molecule has 0 spiro atoms. The molecule has 0 radical (unpaired) electrons.